The van der Waals surface area contributed by atoms with E-state index in [1.807, 2.05) is 13.0 Å². The molecule has 0 saturated carbocycles. The lowest BCUT2D eigenvalue weighted by Gasteiger charge is -2.31. The second-order valence-corrected chi connectivity index (χ2v) is 3.88. The first-order chi connectivity index (χ1) is 4.69. The zero-order chi connectivity index (χ0) is 7.61. The predicted molar refractivity (Wildman–Crippen MR) is 41.7 cm³/mol. The van der Waals surface area contributed by atoms with E-state index in [0.717, 1.165) is 12.2 Å². The highest BCUT2D eigenvalue weighted by molar-refractivity contribution is 7.99. The van der Waals surface area contributed by atoms with Gasteiger partial charge in [-0.2, -0.15) is 17.0 Å². The Labute approximate surface area is 65.2 Å². The Morgan fingerprint density at radius 2 is 2.50 bits per heavy atom. The third-order valence-corrected chi connectivity index (χ3v) is 3.19. The normalized spacial score (nSPS) is 40.7. The maximum absolute atomic E-state index is 9.57. The van der Waals surface area contributed by atoms with E-state index in [2.05, 4.69) is 0 Å². The van der Waals surface area contributed by atoms with Crippen LogP contribution in [0.5, 0.6) is 0 Å². The van der Waals surface area contributed by atoms with Gasteiger partial charge in [0.05, 0.1) is 6.07 Å². The molecule has 0 aromatic rings. The van der Waals surface area contributed by atoms with Gasteiger partial charge in [-0.05, 0) is 18.1 Å². The second kappa shape index (κ2) is 2.81. The first kappa shape index (κ1) is 7.90. The lowest BCUT2D eigenvalue weighted by molar-refractivity contribution is 0.0620. The van der Waals surface area contributed by atoms with Gasteiger partial charge in [-0.15, -0.1) is 0 Å². The van der Waals surface area contributed by atoms with Crippen molar-refractivity contribution >= 4 is 11.8 Å². The SMILES string of the molecule is CC1CCSCC1(O)C#N. The van der Waals surface area contributed by atoms with E-state index in [1.54, 1.807) is 11.8 Å². The van der Waals surface area contributed by atoms with Gasteiger partial charge in [0.1, 0.15) is 0 Å². The zero-order valence-electron chi connectivity index (χ0n) is 6.00. The Balaban J connectivity index is 2.65. The predicted octanol–water partition coefficient (Wildman–Crippen LogP) is 1.01. The Morgan fingerprint density at radius 3 is 2.90 bits per heavy atom. The van der Waals surface area contributed by atoms with Crippen LogP contribution in [0.2, 0.25) is 0 Å². The van der Waals surface area contributed by atoms with Crippen molar-refractivity contribution in [3.8, 4) is 6.07 Å². The molecule has 1 rings (SSSR count). The molecule has 0 amide bonds. The highest BCUT2D eigenvalue weighted by Crippen LogP contribution is 2.31. The molecule has 0 spiro atoms. The minimum Gasteiger partial charge on any atom is -0.374 e. The van der Waals surface area contributed by atoms with Gasteiger partial charge in [0.2, 0.25) is 0 Å². The Morgan fingerprint density at radius 1 is 1.80 bits per heavy atom. The first-order valence-electron chi connectivity index (χ1n) is 3.40. The van der Waals surface area contributed by atoms with Gasteiger partial charge < -0.3 is 5.11 Å². The molecule has 3 heteroatoms. The smallest absolute Gasteiger partial charge is 0.162 e. The van der Waals surface area contributed by atoms with Crippen LogP contribution in [0.3, 0.4) is 0 Å². The van der Waals surface area contributed by atoms with E-state index in [-0.39, 0.29) is 5.92 Å². The van der Waals surface area contributed by atoms with Crippen molar-refractivity contribution in [2.75, 3.05) is 11.5 Å². The van der Waals surface area contributed by atoms with Crippen LogP contribution in [-0.4, -0.2) is 22.2 Å². The molecule has 2 unspecified atom stereocenters. The summed E-state index contributed by atoms with van der Waals surface area (Å²) < 4.78 is 0. The van der Waals surface area contributed by atoms with Crippen LogP contribution in [-0.2, 0) is 0 Å². The van der Waals surface area contributed by atoms with E-state index in [1.165, 1.54) is 0 Å². The summed E-state index contributed by atoms with van der Waals surface area (Å²) in [6.45, 7) is 1.93. The monoisotopic (exact) mass is 157 g/mol. The van der Waals surface area contributed by atoms with Crippen LogP contribution in [0.1, 0.15) is 13.3 Å². The molecular formula is C7H11NOS. The van der Waals surface area contributed by atoms with Gasteiger partial charge in [0.15, 0.2) is 5.60 Å². The molecule has 1 heterocycles. The quantitative estimate of drug-likeness (QED) is 0.534. The van der Waals surface area contributed by atoms with Crippen LogP contribution in [0.25, 0.3) is 0 Å². The van der Waals surface area contributed by atoms with E-state index in [0.29, 0.717) is 5.75 Å². The van der Waals surface area contributed by atoms with Gasteiger partial charge in [-0.1, -0.05) is 6.92 Å². The molecular weight excluding hydrogens is 146 g/mol. The molecule has 2 atom stereocenters. The number of aliphatic hydroxyl groups is 1. The minimum atomic E-state index is -1.05. The molecule has 0 aromatic carbocycles. The van der Waals surface area contributed by atoms with Crippen molar-refractivity contribution in [3.63, 3.8) is 0 Å². The summed E-state index contributed by atoms with van der Waals surface area (Å²) in [5.74, 6) is 1.79. The maximum Gasteiger partial charge on any atom is 0.162 e. The number of hydrogen-bond acceptors (Lipinski definition) is 3. The Bertz CT molecular complexity index is 165. The Hall–Kier alpha value is -0.200. The number of hydrogen-bond donors (Lipinski definition) is 1. The molecule has 0 radical (unpaired) electrons. The summed E-state index contributed by atoms with van der Waals surface area (Å²) in [6, 6.07) is 1.96. The second-order valence-electron chi connectivity index (χ2n) is 2.78. The fraction of sp³-hybridized carbons (Fsp3) is 0.857. The number of nitrogens with zero attached hydrogens (tertiary/aromatic N) is 1. The molecule has 10 heavy (non-hydrogen) atoms. The van der Waals surface area contributed by atoms with Crippen LogP contribution < -0.4 is 0 Å². The lowest BCUT2D eigenvalue weighted by atomic mass is 9.89. The molecule has 0 bridgehead atoms. The average Bonchev–Trinajstić information content (AvgIpc) is 1.96. The summed E-state index contributed by atoms with van der Waals surface area (Å²) in [6.07, 6.45) is 0.953. The van der Waals surface area contributed by atoms with Gasteiger partial charge >= 0.3 is 0 Å². The van der Waals surface area contributed by atoms with Crippen LogP contribution in [0.4, 0.5) is 0 Å². The molecule has 56 valence electrons. The summed E-state index contributed by atoms with van der Waals surface area (Å²) in [5.41, 5.74) is -1.05. The summed E-state index contributed by atoms with van der Waals surface area (Å²) in [5, 5.41) is 18.2. The van der Waals surface area contributed by atoms with Crippen molar-refractivity contribution in [3.05, 3.63) is 0 Å². The van der Waals surface area contributed by atoms with E-state index < -0.39 is 5.60 Å². The van der Waals surface area contributed by atoms with Crippen LogP contribution in [0, 0.1) is 17.2 Å². The standard InChI is InChI=1S/C7H11NOS/c1-6-2-3-10-5-7(6,9)4-8/h6,9H,2-3,5H2,1H3. The van der Waals surface area contributed by atoms with E-state index in [9.17, 15) is 5.11 Å². The number of rotatable bonds is 0. The van der Waals surface area contributed by atoms with E-state index >= 15 is 0 Å². The van der Waals surface area contributed by atoms with Gasteiger partial charge in [-0.3, -0.25) is 0 Å². The third kappa shape index (κ3) is 1.28. The largest absolute Gasteiger partial charge is 0.374 e. The van der Waals surface area contributed by atoms with Crippen LogP contribution >= 0.6 is 11.8 Å². The van der Waals surface area contributed by atoms with E-state index in [4.69, 9.17) is 5.26 Å². The van der Waals surface area contributed by atoms with Gasteiger partial charge in [0, 0.05) is 5.75 Å². The molecule has 1 aliphatic heterocycles. The minimum absolute atomic E-state index is 0.138. The zero-order valence-corrected chi connectivity index (χ0v) is 6.82. The molecule has 0 aliphatic carbocycles. The first-order valence-corrected chi connectivity index (χ1v) is 4.56. The lowest BCUT2D eigenvalue weighted by Crippen LogP contribution is -2.40. The van der Waals surface area contributed by atoms with Crippen molar-refractivity contribution in [2.24, 2.45) is 5.92 Å². The summed E-state index contributed by atoms with van der Waals surface area (Å²) >= 11 is 1.66. The summed E-state index contributed by atoms with van der Waals surface area (Å²) in [4.78, 5) is 0. The summed E-state index contributed by atoms with van der Waals surface area (Å²) in [7, 11) is 0. The Kier molecular flexibility index (Phi) is 2.22. The van der Waals surface area contributed by atoms with Gasteiger partial charge in [-0.25, -0.2) is 0 Å². The molecule has 2 nitrogen and oxygen atoms in total. The number of nitriles is 1. The molecule has 1 fully saturated rings. The molecule has 1 aliphatic rings. The topological polar surface area (TPSA) is 44.0 Å². The van der Waals surface area contributed by atoms with Gasteiger partial charge in [0.25, 0.3) is 0 Å². The molecule has 1 N–H and O–H groups in total. The fourth-order valence-electron chi connectivity index (χ4n) is 1.01. The van der Waals surface area contributed by atoms with Crippen LogP contribution in [0.15, 0.2) is 0 Å². The van der Waals surface area contributed by atoms with Crippen molar-refractivity contribution in [1.82, 2.24) is 0 Å². The maximum atomic E-state index is 9.57. The molecule has 0 aromatic heterocycles. The van der Waals surface area contributed by atoms with Crippen molar-refractivity contribution < 1.29 is 5.11 Å². The average molecular weight is 157 g/mol. The van der Waals surface area contributed by atoms with Crippen molar-refractivity contribution in [1.29, 1.82) is 5.26 Å². The highest BCUT2D eigenvalue weighted by atomic mass is 32.2. The molecule has 1 saturated heterocycles. The van der Waals surface area contributed by atoms with Crippen molar-refractivity contribution in [2.45, 2.75) is 18.9 Å². The number of thioether (sulfide) groups is 1. The highest BCUT2D eigenvalue weighted by Gasteiger charge is 2.36. The fourth-order valence-corrected chi connectivity index (χ4v) is 2.34. The third-order valence-electron chi connectivity index (χ3n) is 2.03.